The molecule has 1 atom stereocenters. The minimum Gasteiger partial charge on any atom is -0.338 e. The summed E-state index contributed by atoms with van der Waals surface area (Å²) < 4.78 is 25.2. The maximum atomic E-state index is 13.1. The number of benzene rings is 2. The van der Waals surface area contributed by atoms with Crippen molar-refractivity contribution in [2.45, 2.75) is 23.7 Å². The van der Waals surface area contributed by atoms with E-state index in [-0.39, 0.29) is 22.3 Å². The Morgan fingerprint density at radius 1 is 1.15 bits per heavy atom. The van der Waals surface area contributed by atoms with Crippen molar-refractivity contribution in [1.82, 2.24) is 9.88 Å². The molecule has 0 N–H and O–H groups in total. The largest absolute Gasteiger partial charge is 0.338 e. The van der Waals surface area contributed by atoms with Gasteiger partial charge in [-0.2, -0.15) is 0 Å². The number of likely N-dealkylation sites (tertiary alicyclic amines) is 1. The summed E-state index contributed by atoms with van der Waals surface area (Å²) in [5.41, 5.74) is 1.24. The highest BCUT2D eigenvalue weighted by atomic mass is 32.2. The van der Waals surface area contributed by atoms with E-state index in [1.807, 2.05) is 18.2 Å². The van der Waals surface area contributed by atoms with Crippen molar-refractivity contribution in [2.75, 3.05) is 19.3 Å². The lowest BCUT2D eigenvalue weighted by Crippen LogP contribution is -2.39. The van der Waals surface area contributed by atoms with Crippen LogP contribution in [0.2, 0.25) is 0 Å². The average Bonchev–Trinajstić information content (AvgIpc) is 3.11. The number of nitrogens with zero attached hydrogens (tertiary/aromatic N) is 2. The van der Waals surface area contributed by atoms with E-state index in [1.165, 1.54) is 6.07 Å². The topological polar surface area (TPSA) is 67.3 Å². The number of piperidine rings is 1. The molecule has 7 heteroatoms. The Hall–Kier alpha value is -2.25. The first-order valence-corrected chi connectivity index (χ1v) is 11.6. The molecule has 1 aliphatic heterocycles. The highest BCUT2D eigenvalue weighted by molar-refractivity contribution is 7.90. The second kappa shape index (κ2) is 7.05. The van der Waals surface area contributed by atoms with Crippen molar-refractivity contribution in [3.8, 4) is 0 Å². The van der Waals surface area contributed by atoms with Gasteiger partial charge in [0.05, 0.1) is 25.7 Å². The van der Waals surface area contributed by atoms with E-state index in [2.05, 4.69) is 6.07 Å². The lowest BCUT2D eigenvalue weighted by Gasteiger charge is -2.32. The molecule has 0 unspecified atom stereocenters. The smallest absolute Gasteiger partial charge is 0.255 e. The predicted octanol–water partition coefficient (Wildman–Crippen LogP) is 3.72. The highest BCUT2D eigenvalue weighted by Crippen LogP contribution is 2.33. The minimum atomic E-state index is -3.46. The molecule has 140 valence electrons. The van der Waals surface area contributed by atoms with E-state index < -0.39 is 9.84 Å². The van der Waals surface area contributed by atoms with E-state index >= 15 is 0 Å². The van der Waals surface area contributed by atoms with Crippen molar-refractivity contribution in [3.63, 3.8) is 0 Å². The fraction of sp³-hybridized carbons (Fsp3) is 0.300. The number of carbonyl (C=O) groups excluding carboxylic acids is 1. The van der Waals surface area contributed by atoms with Crippen LogP contribution in [0.5, 0.6) is 0 Å². The van der Waals surface area contributed by atoms with Gasteiger partial charge in [-0.05, 0) is 37.1 Å². The second-order valence-electron chi connectivity index (χ2n) is 6.88. The summed E-state index contributed by atoms with van der Waals surface area (Å²) in [5.74, 6) is -0.0349. The molecule has 1 aromatic heterocycles. The van der Waals surface area contributed by atoms with Crippen LogP contribution in [0.15, 0.2) is 53.4 Å². The molecule has 0 bridgehead atoms. The summed E-state index contributed by atoms with van der Waals surface area (Å²) in [6.07, 6.45) is 3.00. The van der Waals surface area contributed by atoms with Gasteiger partial charge in [0.1, 0.15) is 0 Å². The molecule has 0 aliphatic carbocycles. The Morgan fingerprint density at radius 2 is 1.89 bits per heavy atom. The van der Waals surface area contributed by atoms with E-state index in [1.54, 1.807) is 34.4 Å². The monoisotopic (exact) mass is 400 g/mol. The molecule has 0 saturated carbocycles. The lowest BCUT2D eigenvalue weighted by atomic mass is 9.98. The fourth-order valence-corrected chi connectivity index (χ4v) is 5.54. The number of amides is 1. The van der Waals surface area contributed by atoms with Crippen LogP contribution >= 0.6 is 11.3 Å². The first-order chi connectivity index (χ1) is 12.9. The van der Waals surface area contributed by atoms with Crippen LogP contribution in [0.1, 0.15) is 34.1 Å². The lowest BCUT2D eigenvalue weighted by molar-refractivity contribution is 0.0703. The zero-order valence-electron chi connectivity index (χ0n) is 15.0. The van der Waals surface area contributed by atoms with Gasteiger partial charge in [-0.1, -0.05) is 24.3 Å². The number of carbonyl (C=O) groups is 1. The quantitative estimate of drug-likeness (QED) is 0.672. The molecular formula is C20H20N2O3S2. The third-order valence-electron chi connectivity index (χ3n) is 4.89. The zero-order valence-corrected chi connectivity index (χ0v) is 16.6. The van der Waals surface area contributed by atoms with Gasteiger partial charge < -0.3 is 4.90 Å². The molecule has 0 radical (unpaired) electrons. The Morgan fingerprint density at radius 3 is 2.67 bits per heavy atom. The molecule has 1 amide bonds. The molecule has 5 nitrogen and oxygen atoms in total. The van der Waals surface area contributed by atoms with Gasteiger partial charge >= 0.3 is 0 Å². The molecule has 4 rings (SSSR count). The number of sulfone groups is 1. The van der Waals surface area contributed by atoms with Crippen LogP contribution in [0, 0.1) is 0 Å². The molecular weight excluding hydrogens is 380 g/mol. The summed E-state index contributed by atoms with van der Waals surface area (Å²) in [6.45, 7) is 1.20. The maximum absolute atomic E-state index is 13.1. The normalized spacial score (nSPS) is 18.0. The van der Waals surface area contributed by atoms with Crippen molar-refractivity contribution in [2.24, 2.45) is 0 Å². The van der Waals surface area contributed by atoms with E-state index in [0.717, 1.165) is 34.3 Å². The van der Waals surface area contributed by atoms with Crippen LogP contribution in [-0.2, 0) is 9.84 Å². The summed E-state index contributed by atoms with van der Waals surface area (Å²) in [6, 6.07) is 14.5. The summed E-state index contributed by atoms with van der Waals surface area (Å²) in [7, 11) is -3.46. The number of hydrogen-bond donors (Lipinski definition) is 0. The average molecular weight is 401 g/mol. The SMILES string of the molecule is CS(=O)(=O)c1ccccc1C(=O)N1CCC[C@H](c2nc3ccccc3s2)C1. The van der Waals surface area contributed by atoms with Crippen LogP contribution in [0.25, 0.3) is 10.2 Å². The fourth-order valence-electron chi connectivity index (χ4n) is 3.56. The van der Waals surface area contributed by atoms with Gasteiger partial charge in [0.2, 0.25) is 0 Å². The number of fused-ring (bicyclic) bond motifs is 1. The summed E-state index contributed by atoms with van der Waals surface area (Å²) in [4.78, 5) is 19.7. The number of para-hydroxylation sites is 1. The van der Waals surface area contributed by atoms with Gasteiger partial charge in [-0.3, -0.25) is 4.79 Å². The molecule has 1 aliphatic rings. The van der Waals surface area contributed by atoms with Gasteiger partial charge in [-0.15, -0.1) is 11.3 Å². The van der Waals surface area contributed by atoms with Gasteiger partial charge in [0.15, 0.2) is 9.84 Å². The number of aromatic nitrogens is 1. The van der Waals surface area contributed by atoms with Crippen molar-refractivity contribution in [1.29, 1.82) is 0 Å². The molecule has 2 heterocycles. The zero-order chi connectivity index (χ0) is 19.0. The van der Waals surface area contributed by atoms with Crippen LogP contribution < -0.4 is 0 Å². The number of rotatable bonds is 3. The first kappa shape index (κ1) is 18.1. The third-order valence-corrected chi connectivity index (χ3v) is 7.24. The molecule has 2 aromatic carbocycles. The molecule has 0 spiro atoms. The Bertz CT molecular complexity index is 1070. The summed E-state index contributed by atoms with van der Waals surface area (Å²) in [5, 5.41) is 1.05. The molecule has 27 heavy (non-hydrogen) atoms. The Kier molecular flexibility index (Phi) is 4.74. The Balaban J connectivity index is 1.61. The Labute approximate surface area is 162 Å². The van der Waals surface area contributed by atoms with Crippen molar-refractivity contribution in [3.05, 3.63) is 59.1 Å². The van der Waals surface area contributed by atoms with Crippen LogP contribution in [0.4, 0.5) is 0 Å². The highest BCUT2D eigenvalue weighted by Gasteiger charge is 2.29. The van der Waals surface area contributed by atoms with Gasteiger partial charge in [0, 0.05) is 25.3 Å². The standard InChI is InChI=1S/C20H20N2O3S2/c1-27(24,25)18-11-5-2-8-15(18)20(23)22-12-6-7-14(13-22)19-21-16-9-3-4-10-17(16)26-19/h2-5,8-11,14H,6-7,12-13H2,1H3/t14-/m0/s1. The maximum Gasteiger partial charge on any atom is 0.255 e. The third kappa shape index (κ3) is 3.61. The van der Waals surface area contributed by atoms with Crippen molar-refractivity contribution < 1.29 is 13.2 Å². The molecule has 3 aromatic rings. The summed E-state index contributed by atoms with van der Waals surface area (Å²) >= 11 is 1.68. The van der Waals surface area contributed by atoms with E-state index in [9.17, 15) is 13.2 Å². The van der Waals surface area contributed by atoms with Gasteiger partial charge in [0.25, 0.3) is 5.91 Å². The van der Waals surface area contributed by atoms with Gasteiger partial charge in [-0.25, -0.2) is 13.4 Å². The molecule has 1 fully saturated rings. The van der Waals surface area contributed by atoms with Crippen molar-refractivity contribution >= 4 is 37.3 Å². The first-order valence-electron chi connectivity index (χ1n) is 8.87. The van der Waals surface area contributed by atoms with E-state index in [4.69, 9.17) is 4.98 Å². The van der Waals surface area contributed by atoms with E-state index in [0.29, 0.717) is 13.1 Å². The van der Waals surface area contributed by atoms with Crippen LogP contribution in [0.3, 0.4) is 0 Å². The predicted molar refractivity (Wildman–Crippen MR) is 107 cm³/mol. The number of hydrogen-bond acceptors (Lipinski definition) is 5. The number of thiazole rings is 1. The second-order valence-corrected chi connectivity index (χ2v) is 9.92. The minimum absolute atomic E-state index is 0.0945. The molecule has 1 saturated heterocycles. The van der Waals surface area contributed by atoms with Crippen LogP contribution in [-0.4, -0.2) is 43.6 Å².